The van der Waals surface area contributed by atoms with E-state index in [2.05, 4.69) is 22.2 Å². The van der Waals surface area contributed by atoms with Crippen LogP contribution in [0.1, 0.15) is 19.4 Å². The maximum atomic E-state index is 12.4. The van der Waals surface area contributed by atoms with Crippen LogP contribution in [0.5, 0.6) is 0 Å². The van der Waals surface area contributed by atoms with Gasteiger partial charge >= 0.3 is 0 Å². The van der Waals surface area contributed by atoms with Crippen molar-refractivity contribution in [1.29, 1.82) is 0 Å². The number of hydrogen-bond acceptors (Lipinski definition) is 2. The summed E-state index contributed by atoms with van der Waals surface area (Å²) in [4.78, 5) is 0.220. The number of benzene rings is 2. The maximum absolute atomic E-state index is 12.4. The van der Waals surface area contributed by atoms with Gasteiger partial charge in [0.2, 0.25) is 10.0 Å². The van der Waals surface area contributed by atoms with Gasteiger partial charge in [-0.1, -0.05) is 41.9 Å². The van der Waals surface area contributed by atoms with E-state index in [1.807, 2.05) is 32.0 Å². The van der Waals surface area contributed by atoms with E-state index >= 15 is 0 Å². The molecule has 3 N–H and O–H groups in total. The van der Waals surface area contributed by atoms with Crippen LogP contribution in [0.2, 0.25) is 5.02 Å². The minimum Gasteiger partial charge on any atom is -0.341 e. The second kappa shape index (κ2) is 7.45. The van der Waals surface area contributed by atoms with Crippen LogP contribution in [-0.4, -0.2) is 20.5 Å². The molecule has 23 heavy (non-hydrogen) atoms. The summed E-state index contributed by atoms with van der Waals surface area (Å²) in [6.07, 6.45) is 0. The third-order valence-corrected chi connectivity index (χ3v) is 5.38. The van der Waals surface area contributed by atoms with Crippen LogP contribution in [0.3, 0.4) is 0 Å². The van der Waals surface area contributed by atoms with Crippen molar-refractivity contribution in [3.8, 4) is 0 Å². The molecule has 0 unspecified atom stereocenters. The van der Waals surface area contributed by atoms with Crippen molar-refractivity contribution < 1.29 is 13.7 Å². The van der Waals surface area contributed by atoms with Gasteiger partial charge in [-0.05, 0) is 38.1 Å². The van der Waals surface area contributed by atoms with Gasteiger partial charge in [-0.3, -0.25) is 0 Å². The van der Waals surface area contributed by atoms with Crippen molar-refractivity contribution in [2.75, 3.05) is 6.54 Å². The molecule has 124 valence electrons. The minimum atomic E-state index is -3.56. The van der Waals surface area contributed by atoms with Gasteiger partial charge in [0.25, 0.3) is 0 Å². The zero-order valence-corrected chi connectivity index (χ0v) is 14.9. The fourth-order valence-electron chi connectivity index (χ4n) is 2.29. The zero-order valence-electron chi connectivity index (χ0n) is 13.3. The Bertz CT molecular complexity index is 729. The molecule has 4 nitrogen and oxygen atoms in total. The molecule has 0 aliphatic heterocycles. The van der Waals surface area contributed by atoms with E-state index in [9.17, 15) is 8.42 Å². The summed E-state index contributed by atoms with van der Waals surface area (Å²) in [6.45, 7) is 5.20. The Morgan fingerprint density at radius 1 is 1.04 bits per heavy atom. The largest absolute Gasteiger partial charge is 0.341 e. The molecule has 0 fully saturated rings. The highest BCUT2D eigenvalue weighted by Gasteiger charge is 2.27. The number of quaternary nitrogens is 1. The molecule has 0 aliphatic rings. The van der Waals surface area contributed by atoms with Crippen LogP contribution < -0.4 is 10.0 Å². The molecule has 0 bridgehead atoms. The summed E-state index contributed by atoms with van der Waals surface area (Å²) in [5.41, 5.74) is 0.650. The molecule has 0 radical (unpaired) electrons. The highest BCUT2D eigenvalue weighted by atomic mass is 35.5. The predicted molar refractivity (Wildman–Crippen MR) is 92.8 cm³/mol. The smallest absolute Gasteiger partial charge is 0.241 e. The first kappa shape index (κ1) is 17.9. The number of nitrogens with two attached hydrogens (primary N) is 1. The summed E-state index contributed by atoms with van der Waals surface area (Å²) in [5, 5.41) is 2.61. The Morgan fingerprint density at radius 2 is 1.65 bits per heavy atom. The predicted octanol–water partition coefficient (Wildman–Crippen LogP) is 2.16. The quantitative estimate of drug-likeness (QED) is 0.801. The summed E-state index contributed by atoms with van der Waals surface area (Å²) in [5.74, 6) is 0. The van der Waals surface area contributed by atoms with Gasteiger partial charge in [0.15, 0.2) is 0 Å². The van der Waals surface area contributed by atoms with Gasteiger partial charge in [-0.15, -0.1) is 0 Å². The first-order chi connectivity index (χ1) is 10.8. The zero-order chi connectivity index (χ0) is 16.9. The SMILES string of the molecule is CC(C)(C[NH2+]Cc1ccccc1)NS(=O)(=O)c1ccc(Cl)cc1. The van der Waals surface area contributed by atoms with Gasteiger partial charge in [0, 0.05) is 10.6 Å². The van der Waals surface area contributed by atoms with Gasteiger partial charge in [-0.25, -0.2) is 8.42 Å². The molecule has 2 rings (SSSR count). The van der Waals surface area contributed by atoms with Crippen LogP contribution in [0.15, 0.2) is 59.5 Å². The number of sulfonamides is 1. The van der Waals surface area contributed by atoms with E-state index in [1.54, 1.807) is 12.1 Å². The van der Waals surface area contributed by atoms with Crippen LogP contribution in [-0.2, 0) is 16.6 Å². The molecule has 0 saturated carbocycles. The Hall–Kier alpha value is -1.40. The lowest BCUT2D eigenvalue weighted by atomic mass is 10.1. The number of rotatable bonds is 7. The average molecular weight is 354 g/mol. The third-order valence-electron chi connectivity index (χ3n) is 3.41. The highest BCUT2D eigenvalue weighted by Crippen LogP contribution is 2.15. The van der Waals surface area contributed by atoms with E-state index in [0.29, 0.717) is 11.6 Å². The van der Waals surface area contributed by atoms with E-state index in [0.717, 1.165) is 6.54 Å². The van der Waals surface area contributed by atoms with Crippen molar-refractivity contribution in [2.24, 2.45) is 0 Å². The van der Waals surface area contributed by atoms with Crippen molar-refractivity contribution in [3.05, 3.63) is 65.2 Å². The molecule has 0 aliphatic carbocycles. The summed E-state index contributed by atoms with van der Waals surface area (Å²) in [6, 6.07) is 16.3. The molecule has 0 spiro atoms. The van der Waals surface area contributed by atoms with E-state index < -0.39 is 15.6 Å². The summed E-state index contributed by atoms with van der Waals surface area (Å²) >= 11 is 5.80. The topological polar surface area (TPSA) is 62.8 Å². The lowest BCUT2D eigenvalue weighted by molar-refractivity contribution is -0.676. The van der Waals surface area contributed by atoms with Crippen LogP contribution >= 0.6 is 11.6 Å². The summed E-state index contributed by atoms with van der Waals surface area (Å²) in [7, 11) is -3.56. The second-order valence-electron chi connectivity index (χ2n) is 6.13. The monoisotopic (exact) mass is 353 g/mol. The fraction of sp³-hybridized carbons (Fsp3) is 0.294. The average Bonchev–Trinajstić information content (AvgIpc) is 2.47. The fourth-order valence-corrected chi connectivity index (χ4v) is 3.84. The van der Waals surface area contributed by atoms with Crippen LogP contribution in [0.4, 0.5) is 0 Å². The lowest BCUT2D eigenvalue weighted by Gasteiger charge is -2.24. The van der Waals surface area contributed by atoms with Crippen molar-refractivity contribution >= 4 is 21.6 Å². The molecule has 0 amide bonds. The van der Waals surface area contributed by atoms with E-state index in [-0.39, 0.29) is 4.90 Å². The third kappa shape index (κ3) is 5.62. The first-order valence-corrected chi connectivity index (χ1v) is 9.30. The Morgan fingerprint density at radius 3 is 2.26 bits per heavy atom. The van der Waals surface area contributed by atoms with Gasteiger partial charge in [0.05, 0.1) is 17.0 Å². The number of nitrogens with one attached hydrogen (secondary N) is 1. The molecule has 6 heteroatoms. The molecule has 2 aromatic rings. The Labute approximate surface area is 142 Å². The number of hydrogen-bond donors (Lipinski definition) is 2. The molecule has 0 atom stereocenters. The van der Waals surface area contributed by atoms with Gasteiger partial charge < -0.3 is 5.32 Å². The lowest BCUT2D eigenvalue weighted by Crippen LogP contribution is -2.87. The van der Waals surface area contributed by atoms with Crippen molar-refractivity contribution in [1.82, 2.24) is 4.72 Å². The molecular weight excluding hydrogens is 332 g/mol. The molecule has 0 aromatic heterocycles. The molecule has 0 heterocycles. The van der Waals surface area contributed by atoms with Crippen LogP contribution in [0, 0.1) is 0 Å². The molecule has 0 saturated heterocycles. The Kier molecular flexibility index (Phi) is 5.81. The van der Waals surface area contributed by atoms with Gasteiger partial charge in [0.1, 0.15) is 6.54 Å². The normalized spacial score (nSPS) is 12.3. The molecular formula is C17H22ClN2O2S+. The molecule has 2 aromatic carbocycles. The minimum absolute atomic E-state index is 0.220. The highest BCUT2D eigenvalue weighted by molar-refractivity contribution is 7.89. The number of halogens is 1. The van der Waals surface area contributed by atoms with Gasteiger partial charge in [-0.2, -0.15) is 4.72 Å². The second-order valence-corrected chi connectivity index (χ2v) is 8.24. The van der Waals surface area contributed by atoms with E-state index in [1.165, 1.54) is 17.7 Å². The van der Waals surface area contributed by atoms with Crippen LogP contribution in [0.25, 0.3) is 0 Å². The maximum Gasteiger partial charge on any atom is 0.241 e. The summed E-state index contributed by atoms with van der Waals surface area (Å²) < 4.78 is 27.6. The van der Waals surface area contributed by atoms with Crippen molar-refractivity contribution in [2.45, 2.75) is 30.8 Å². The first-order valence-electron chi connectivity index (χ1n) is 7.44. The standard InChI is InChI=1S/C17H21ClN2O2S/c1-17(2,13-19-12-14-6-4-3-5-7-14)20-23(21,22)16-10-8-15(18)9-11-16/h3-11,19-20H,12-13H2,1-2H3/p+1. The Balaban J connectivity index is 1.95. The van der Waals surface area contributed by atoms with Crippen molar-refractivity contribution in [3.63, 3.8) is 0 Å². The van der Waals surface area contributed by atoms with E-state index in [4.69, 9.17) is 11.6 Å².